The van der Waals surface area contributed by atoms with Crippen LogP contribution in [0, 0.1) is 0 Å². The van der Waals surface area contributed by atoms with Crippen LogP contribution in [0.1, 0.15) is 11.1 Å². The molecule has 92 valence electrons. The summed E-state index contributed by atoms with van der Waals surface area (Å²) in [5.41, 5.74) is 1.95. The van der Waals surface area contributed by atoms with Crippen molar-refractivity contribution in [3.63, 3.8) is 0 Å². The van der Waals surface area contributed by atoms with Gasteiger partial charge in [-0.25, -0.2) is 0 Å². The molecule has 0 aliphatic rings. The first-order chi connectivity index (χ1) is 8.17. The Morgan fingerprint density at radius 1 is 1.00 bits per heavy atom. The molecule has 0 radical (unpaired) electrons. The van der Waals surface area contributed by atoms with E-state index in [0.29, 0.717) is 0 Å². The van der Waals surface area contributed by atoms with Crippen molar-refractivity contribution in [3.05, 3.63) is 42.5 Å². The van der Waals surface area contributed by atoms with Crippen LogP contribution in [-0.4, -0.2) is 30.1 Å². The highest BCUT2D eigenvalue weighted by molar-refractivity contribution is 6.76. The second kappa shape index (κ2) is 5.93. The average molecular weight is 250 g/mol. The lowest BCUT2D eigenvalue weighted by molar-refractivity contribution is 0.140. The van der Waals surface area contributed by atoms with Gasteiger partial charge in [0.15, 0.2) is 0 Å². The molecule has 1 aromatic rings. The van der Waals surface area contributed by atoms with E-state index in [1.54, 1.807) is 33.5 Å². The molecule has 0 saturated carbocycles. The standard InChI is InChI=1S/C13H18O3Si/c1-6-11-8-9-12(7-2)13(10-11)17(14-3,15-4)16-5/h6-10H,1-2H2,3-5H3. The zero-order chi connectivity index (χ0) is 12.9. The van der Waals surface area contributed by atoms with Gasteiger partial charge in [-0.05, 0) is 17.2 Å². The van der Waals surface area contributed by atoms with Gasteiger partial charge < -0.3 is 13.3 Å². The van der Waals surface area contributed by atoms with Crippen LogP contribution in [0.3, 0.4) is 0 Å². The molecule has 0 spiro atoms. The summed E-state index contributed by atoms with van der Waals surface area (Å²) in [5.74, 6) is 0. The van der Waals surface area contributed by atoms with Crippen LogP contribution in [0.5, 0.6) is 0 Å². The lowest BCUT2D eigenvalue weighted by Crippen LogP contribution is -2.55. The predicted octanol–water partition coefficient (Wildman–Crippen LogP) is 2.06. The number of benzene rings is 1. The third-order valence-corrected chi connectivity index (χ3v) is 5.37. The SMILES string of the molecule is C=Cc1ccc(C=C)c([Si](OC)(OC)OC)c1. The van der Waals surface area contributed by atoms with Gasteiger partial charge in [0.25, 0.3) is 0 Å². The topological polar surface area (TPSA) is 27.7 Å². The molecule has 0 saturated heterocycles. The molecule has 1 aromatic carbocycles. The first-order valence-corrected chi connectivity index (χ1v) is 6.94. The quantitative estimate of drug-likeness (QED) is 0.723. The fourth-order valence-electron chi connectivity index (χ4n) is 1.72. The average Bonchev–Trinajstić information content (AvgIpc) is 2.41. The maximum Gasteiger partial charge on any atom is 0.537 e. The molecule has 0 fully saturated rings. The highest BCUT2D eigenvalue weighted by Gasteiger charge is 2.42. The minimum atomic E-state index is -2.83. The summed E-state index contributed by atoms with van der Waals surface area (Å²) in [4.78, 5) is 0. The smallest absolute Gasteiger partial charge is 0.373 e. The van der Waals surface area contributed by atoms with Crippen molar-refractivity contribution < 1.29 is 13.3 Å². The van der Waals surface area contributed by atoms with Gasteiger partial charge in [0.2, 0.25) is 0 Å². The zero-order valence-electron chi connectivity index (χ0n) is 10.5. The van der Waals surface area contributed by atoms with Crippen LogP contribution >= 0.6 is 0 Å². The van der Waals surface area contributed by atoms with E-state index in [2.05, 4.69) is 13.2 Å². The van der Waals surface area contributed by atoms with Crippen molar-refractivity contribution in [2.24, 2.45) is 0 Å². The van der Waals surface area contributed by atoms with E-state index < -0.39 is 8.80 Å². The lowest BCUT2D eigenvalue weighted by Gasteiger charge is -2.26. The summed E-state index contributed by atoms with van der Waals surface area (Å²) in [6.07, 6.45) is 3.54. The molecule has 0 heterocycles. The van der Waals surface area contributed by atoms with E-state index in [1.165, 1.54) is 0 Å². The molecule has 17 heavy (non-hydrogen) atoms. The van der Waals surface area contributed by atoms with Crippen LogP contribution in [0.25, 0.3) is 12.2 Å². The summed E-state index contributed by atoms with van der Waals surface area (Å²) < 4.78 is 16.4. The number of rotatable bonds is 6. The highest BCUT2D eigenvalue weighted by Crippen LogP contribution is 2.14. The van der Waals surface area contributed by atoms with Crippen molar-refractivity contribution in [3.8, 4) is 0 Å². The van der Waals surface area contributed by atoms with Gasteiger partial charge in [-0.2, -0.15) is 0 Å². The normalized spacial score (nSPS) is 11.2. The monoisotopic (exact) mass is 250 g/mol. The molecule has 0 amide bonds. The van der Waals surface area contributed by atoms with Crippen LogP contribution in [0.15, 0.2) is 31.4 Å². The molecule has 0 atom stereocenters. The van der Waals surface area contributed by atoms with Crippen LogP contribution in [-0.2, 0) is 13.3 Å². The second-order valence-electron chi connectivity index (χ2n) is 3.42. The van der Waals surface area contributed by atoms with Gasteiger partial charge >= 0.3 is 8.80 Å². The fraction of sp³-hybridized carbons (Fsp3) is 0.231. The molecule has 0 N–H and O–H groups in total. The Morgan fingerprint density at radius 3 is 2.00 bits per heavy atom. The Bertz CT molecular complexity index is 403. The van der Waals surface area contributed by atoms with E-state index in [9.17, 15) is 0 Å². The van der Waals surface area contributed by atoms with Crippen molar-refractivity contribution in [1.82, 2.24) is 0 Å². The summed E-state index contributed by atoms with van der Waals surface area (Å²) in [7, 11) is 1.94. The molecule has 0 aliphatic carbocycles. The predicted molar refractivity (Wildman–Crippen MR) is 73.0 cm³/mol. The maximum atomic E-state index is 5.48. The van der Waals surface area contributed by atoms with Crippen LogP contribution in [0.4, 0.5) is 0 Å². The van der Waals surface area contributed by atoms with Gasteiger partial charge in [0.05, 0.1) is 0 Å². The van der Waals surface area contributed by atoms with Gasteiger partial charge in [-0.3, -0.25) is 0 Å². The highest BCUT2D eigenvalue weighted by atomic mass is 28.4. The van der Waals surface area contributed by atoms with E-state index >= 15 is 0 Å². The Hall–Kier alpha value is -1.20. The van der Waals surface area contributed by atoms with Crippen molar-refractivity contribution in [1.29, 1.82) is 0 Å². The van der Waals surface area contributed by atoms with Gasteiger partial charge in [-0.15, -0.1) is 0 Å². The third kappa shape index (κ3) is 2.55. The summed E-state index contributed by atoms with van der Waals surface area (Å²) in [6.45, 7) is 7.55. The zero-order valence-corrected chi connectivity index (χ0v) is 11.5. The molecule has 0 bridgehead atoms. The molecule has 0 unspecified atom stereocenters. The van der Waals surface area contributed by atoms with Crippen LogP contribution in [0.2, 0.25) is 0 Å². The summed E-state index contributed by atoms with van der Waals surface area (Å²) in [5, 5.41) is 0.900. The molecular weight excluding hydrogens is 232 g/mol. The maximum absolute atomic E-state index is 5.48. The fourth-order valence-corrected chi connectivity index (χ4v) is 3.77. The van der Waals surface area contributed by atoms with E-state index in [1.807, 2.05) is 18.2 Å². The Balaban J connectivity index is 3.43. The van der Waals surface area contributed by atoms with Gasteiger partial charge in [0.1, 0.15) is 0 Å². The largest absolute Gasteiger partial charge is 0.537 e. The van der Waals surface area contributed by atoms with Crippen molar-refractivity contribution in [2.45, 2.75) is 0 Å². The lowest BCUT2D eigenvalue weighted by atomic mass is 10.1. The molecule has 0 aliphatic heterocycles. The van der Waals surface area contributed by atoms with E-state index in [0.717, 1.165) is 16.3 Å². The molecule has 3 nitrogen and oxygen atoms in total. The Kier molecular flexibility index (Phi) is 4.83. The molecule has 4 heteroatoms. The Morgan fingerprint density at radius 2 is 1.59 bits per heavy atom. The molecule has 0 aromatic heterocycles. The minimum Gasteiger partial charge on any atom is -0.373 e. The van der Waals surface area contributed by atoms with Crippen molar-refractivity contribution in [2.75, 3.05) is 21.3 Å². The second-order valence-corrected chi connectivity index (χ2v) is 6.30. The van der Waals surface area contributed by atoms with Crippen molar-refractivity contribution >= 4 is 26.1 Å². The van der Waals surface area contributed by atoms with Gasteiger partial charge in [0, 0.05) is 26.5 Å². The number of hydrogen-bond donors (Lipinski definition) is 0. The Labute approximate surface area is 104 Å². The molecular formula is C13H18O3Si. The first-order valence-electron chi connectivity index (χ1n) is 5.22. The first kappa shape index (κ1) is 13.9. The number of hydrogen-bond acceptors (Lipinski definition) is 3. The summed E-state index contributed by atoms with van der Waals surface area (Å²) >= 11 is 0. The van der Waals surface area contributed by atoms with Gasteiger partial charge in [-0.1, -0.05) is 37.4 Å². The van der Waals surface area contributed by atoms with E-state index in [4.69, 9.17) is 13.3 Å². The van der Waals surface area contributed by atoms with Crippen LogP contribution < -0.4 is 5.19 Å². The third-order valence-electron chi connectivity index (χ3n) is 2.67. The van der Waals surface area contributed by atoms with E-state index in [-0.39, 0.29) is 0 Å². The molecule has 1 rings (SSSR count). The summed E-state index contributed by atoms with van der Waals surface area (Å²) in [6, 6.07) is 5.89. The minimum absolute atomic E-state index is 0.900.